The van der Waals surface area contributed by atoms with Gasteiger partial charge in [-0.3, -0.25) is 0 Å². The molecule has 0 aliphatic heterocycles. The van der Waals surface area contributed by atoms with E-state index in [4.69, 9.17) is 11.6 Å². The largest absolute Gasteiger partial charge is 0.206 e. The van der Waals surface area contributed by atoms with Gasteiger partial charge in [-0.1, -0.05) is 15.9 Å². The van der Waals surface area contributed by atoms with E-state index in [1.54, 1.807) is 6.07 Å². The van der Waals surface area contributed by atoms with Crippen molar-refractivity contribution in [2.45, 2.75) is 5.38 Å². The second kappa shape index (κ2) is 5.87. The van der Waals surface area contributed by atoms with Crippen LogP contribution in [-0.2, 0) is 0 Å². The van der Waals surface area contributed by atoms with Crippen molar-refractivity contribution in [2.24, 2.45) is 0 Å². The van der Waals surface area contributed by atoms with Crippen LogP contribution in [0.2, 0.25) is 0 Å². The quantitative estimate of drug-likeness (QED) is 0.422. The summed E-state index contributed by atoms with van der Waals surface area (Å²) < 4.78 is 29.6. The predicted octanol–water partition coefficient (Wildman–Crippen LogP) is 6.64. The maximum absolute atomic E-state index is 13.8. The summed E-state index contributed by atoms with van der Waals surface area (Å²) in [5, 5.41) is -0.856. The normalized spacial score (nSPS) is 12.8. The Bertz CT molecular complexity index is 557. The van der Waals surface area contributed by atoms with Crippen LogP contribution >= 0.6 is 70.7 Å². The summed E-state index contributed by atoms with van der Waals surface area (Å²) in [4.78, 5) is 0.663. The Morgan fingerprint density at radius 2 is 1.61 bits per heavy atom. The van der Waals surface area contributed by atoms with E-state index in [-0.39, 0.29) is 5.56 Å². The van der Waals surface area contributed by atoms with E-state index < -0.39 is 17.0 Å². The molecule has 1 aromatic heterocycles. The Labute approximate surface area is 137 Å². The van der Waals surface area contributed by atoms with E-state index >= 15 is 0 Å². The first-order valence-electron chi connectivity index (χ1n) is 4.63. The van der Waals surface area contributed by atoms with Gasteiger partial charge in [-0.2, -0.15) is 0 Å². The van der Waals surface area contributed by atoms with E-state index in [2.05, 4.69) is 47.8 Å². The number of thiophene rings is 1. The predicted molar refractivity (Wildman–Crippen MR) is 81.5 cm³/mol. The highest BCUT2D eigenvalue weighted by Gasteiger charge is 2.23. The molecule has 0 nitrogen and oxygen atoms in total. The molecule has 0 N–H and O–H groups in total. The van der Waals surface area contributed by atoms with Gasteiger partial charge in [0, 0.05) is 19.4 Å². The number of halogens is 6. The first-order valence-corrected chi connectivity index (χ1v) is 8.26. The first-order chi connectivity index (χ1) is 8.40. The fourth-order valence-electron chi connectivity index (χ4n) is 1.43. The van der Waals surface area contributed by atoms with E-state index in [9.17, 15) is 8.78 Å². The molecule has 0 radical (unpaired) electrons. The van der Waals surface area contributed by atoms with Crippen molar-refractivity contribution < 1.29 is 8.78 Å². The molecule has 7 heteroatoms. The van der Waals surface area contributed by atoms with Gasteiger partial charge in [-0.25, -0.2) is 8.78 Å². The molecule has 1 aromatic carbocycles. The highest BCUT2D eigenvalue weighted by atomic mass is 79.9. The Kier molecular flexibility index (Phi) is 4.86. The van der Waals surface area contributed by atoms with Gasteiger partial charge >= 0.3 is 0 Å². The Hall–Kier alpha value is 0.510. The zero-order chi connectivity index (χ0) is 13.4. The van der Waals surface area contributed by atoms with Crippen molar-refractivity contribution in [2.75, 3.05) is 0 Å². The lowest BCUT2D eigenvalue weighted by atomic mass is 10.1. The Morgan fingerprint density at radius 3 is 2.06 bits per heavy atom. The van der Waals surface area contributed by atoms with Gasteiger partial charge in [0.2, 0.25) is 0 Å². The van der Waals surface area contributed by atoms with Crippen LogP contribution in [0.5, 0.6) is 0 Å². The topological polar surface area (TPSA) is 0 Å². The maximum atomic E-state index is 13.8. The van der Waals surface area contributed by atoms with Crippen LogP contribution in [0.15, 0.2) is 30.9 Å². The van der Waals surface area contributed by atoms with Crippen LogP contribution in [0.4, 0.5) is 8.78 Å². The summed E-state index contributed by atoms with van der Waals surface area (Å²) in [6, 6.07) is 4.14. The molecule has 0 fully saturated rings. The standard InChI is InChI=1S/C11H4Br3ClF2S/c12-4-1-6(16)9(7(17)2-4)10(15)8-3-5(13)11(14)18-8/h1-3,10H. The molecule has 1 unspecified atom stereocenters. The molecule has 1 heterocycles. The molecule has 96 valence electrons. The lowest BCUT2D eigenvalue weighted by Crippen LogP contribution is -1.99. The summed E-state index contributed by atoms with van der Waals surface area (Å²) in [5.74, 6) is -1.33. The van der Waals surface area contributed by atoms with E-state index in [0.29, 0.717) is 9.35 Å². The summed E-state index contributed by atoms with van der Waals surface area (Å²) in [6.45, 7) is 0. The molecule has 0 spiro atoms. The molecule has 0 saturated heterocycles. The second-order valence-electron chi connectivity index (χ2n) is 3.42. The van der Waals surface area contributed by atoms with Crippen molar-refractivity contribution in [3.05, 3.63) is 53.0 Å². The third-order valence-corrected chi connectivity index (χ3v) is 6.57. The van der Waals surface area contributed by atoms with Crippen molar-refractivity contribution >= 4 is 70.7 Å². The molecule has 0 aliphatic carbocycles. The van der Waals surface area contributed by atoms with Crippen LogP contribution in [-0.4, -0.2) is 0 Å². The number of hydrogen-bond donors (Lipinski definition) is 0. The van der Waals surface area contributed by atoms with Crippen molar-refractivity contribution in [3.63, 3.8) is 0 Å². The van der Waals surface area contributed by atoms with Crippen LogP contribution in [0.25, 0.3) is 0 Å². The van der Waals surface area contributed by atoms with Gasteiger partial charge < -0.3 is 0 Å². The third-order valence-electron chi connectivity index (χ3n) is 2.21. The van der Waals surface area contributed by atoms with Gasteiger partial charge in [0.1, 0.15) is 11.6 Å². The minimum atomic E-state index is -0.856. The highest BCUT2D eigenvalue weighted by Crippen LogP contribution is 2.42. The van der Waals surface area contributed by atoms with Crippen LogP contribution in [0.3, 0.4) is 0 Å². The molecule has 2 rings (SSSR count). The van der Waals surface area contributed by atoms with Crippen molar-refractivity contribution in [1.29, 1.82) is 0 Å². The molecule has 0 aliphatic rings. The molecule has 1 atom stereocenters. The highest BCUT2D eigenvalue weighted by molar-refractivity contribution is 9.13. The number of rotatable bonds is 2. The molecular formula is C11H4Br3ClF2S. The fourth-order valence-corrected chi connectivity index (χ4v) is 4.31. The average molecular weight is 481 g/mol. The molecule has 2 aromatic rings. The number of benzene rings is 1. The fraction of sp³-hybridized carbons (Fsp3) is 0.0909. The van der Waals surface area contributed by atoms with E-state index in [1.165, 1.54) is 23.5 Å². The lowest BCUT2D eigenvalue weighted by molar-refractivity contribution is 0.558. The summed E-state index contributed by atoms with van der Waals surface area (Å²) in [6.07, 6.45) is 0. The van der Waals surface area contributed by atoms with Gasteiger partial charge in [-0.05, 0) is 50.1 Å². The number of hydrogen-bond acceptors (Lipinski definition) is 1. The summed E-state index contributed by atoms with van der Waals surface area (Å²) in [5.41, 5.74) is -0.138. The van der Waals surface area contributed by atoms with Crippen molar-refractivity contribution in [3.8, 4) is 0 Å². The zero-order valence-corrected chi connectivity index (χ0v) is 14.8. The maximum Gasteiger partial charge on any atom is 0.132 e. The van der Waals surface area contributed by atoms with Gasteiger partial charge in [0.25, 0.3) is 0 Å². The molecule has 0 saturated carbocycles. The SMILES string of the molecule is Fc1cc(Br)cc(F)c1C(Cl)c1cc(Br)c(Br)s1. The minimum Gasteiger partial charge on any atom is -0.206 e. The van der Waals surface area contributed by atoms with Crippen LogP contribution < -0.4 is 0 Å². The van der Waals surface area contributed by atoms with E-state index in [0.717, 1.165) is 8.26 Å². The molecule has 0 bridgehead atoms. The van der Waals surface area contributed by atoms with Crippen molar-refractivity contribution in [1.82, 2.24) is 0 Å². The summed E-state index contributed by atoms with van der Waals surface area (Å²) >= 11 is 17.2. The van der Waals surface area contributed by atoms with Gasteiger partial charge in [0.05, 0.1) is 9.16 Å². The zero-order valence-electron chi connectivity index (χ0n) is 8.49. The molecular weight excluding hydrogens is 477 g/mol. The molecule has 18 heavy (non-hydrogen) atoms. The lowest BCUT2D eigenvalue weighted by Gasteiger charge is -2.10. The molecule has 0 amide bonds. The smallest absolute Gasteiger partial charge is 0.132 e. The van der Waals surface area contributed by atoms with Gasteiger partial charge in [-0.15, -0.1) is 22.9 Å². The first kappa shape index (κ1) is 14.9. The Morgan fingerprint density at radius 1 is 1.06 bits per heavy atom. The second-order valence-corrected chi connectivity index (χ2v) is 8.02. The van der Waals surface area contributed by atoms with Crippen LogP contribution in [0, 0.1) is 11.6 Å². The monoisotopic (exact) mass is 478 g/mol. The minimum absolute atomic E-state index is 0.138. The Balaban J connectivity index is 2.49. The van der Waals surface area contributed by atoms with E-state index in [1.807, 2.05) is 0 Å². The number of alkyl halides is 1. The third kappa shape index (κ3) is 2.98. The summed E-state index contributed by atoms with van der Waals surface area (Å²) in [7, 11) is 0. The van der Waals surface area contributed by atoms with Crippen LogP contribution in [0.1, 0.15) is 15.8 Å². The van der Waals surface area contributed by atoms with Gasteiger partial charge in [0.15, 0.2) is 0 Å². The average Bonchev–Trinajstić information content (AvgIpc) is 2.57.